The van der Waals surface area contributed by atoms with E-state index in [-0.39, 0.29) is 0 Å². The summed E-state index contributed by atoms with van der Waals surface area (Å²) in [7, 11) is 0. The van der Waals surface area contributed by atoms with Crippen molar-refractivity contribution in [3.63, 3.8) is 0 Å². The number of nitrogens with zero attached hydrogens (tertiary/aromatic N) is 2. The fraction of sp³-hybridized carbons (Fsp3) is 0.619. The zero-order chi connectivity index (χ0) is 16.0. The van der Waals surface area contributed by atoms with Gasteiger partial charge in [-0.25, -0.2) is 0 Å². The Hall–Kier alpha value is -1.28. The molecule has 1 aliphatic carbocycles. The molecule has 1 unspecified atom stereocenters. The van der Waals surface area contributed by atoms with Crippen LogP contribution in [0.4, 0.5) is 0 Å². The van der Waals surface area contributed by atoms with Crippen molar-refractivity contribution < 1.29 is 0 Å². The molecule has 1 atom stereocenters. The van der Waals surface area contributed by atoms with Gasteiger partial charge in [0.1, 0.15) is 0 Å². The lowest BCUT2D eigenvalue weighted by molar-refractivity contribution is 0.0506. The summed E-state index contributed by atoms with van der Waals surface area (Å²) in [6.45, 7) is 9.78. The number of aryl methyl sites for hydroxylation is 2. The Labute approximate surface area is 140 Å². The largest absolute Gasteiger partial charge is 0.320 e. The lowest BCUT2D eigenvalue weighted by Gasteiger charge is -2.48. The van der Waals surface area contributed by atoms with Crippen molar-refractivity contribution in [3.05, 3.63) is 41.2 Å². The van der Waals surface area contributed by atoms with Crippen LogP contribution in [0.1, 0.15) is 68.8 Å². The molecule has 1 aliphatic heterocycles. The highest BCUT2D eigenvalue weighted by molar-refractivity contribution is 5.63. The molecule has 0 saturated carbocycles. The first kappa shape index (κ1) is 15.3. The van der Waals surface area contributed by atoms with E-state index in [1.165, 1.54) is 62.7 Å². The molecule has 1 saturated heterocycles. The van der Waals surface area contributed by atoms with Crippen molar-refractivity contribution in [2.75, 3.05) is 13.1 Å². The predicted octanol–water partition coefficient (Wildman–Crippen LogP) is 5.14. The van der Waals surface area contributed by atoms with Crippen LogP contribution >= 0.6 is 0 Å². The number of hydrogen-bond donors (Lipinski definition) is 0. The standard InChI is InChI=1S/C21H30N2/c1-4-21(5-2)12-11-18-19(20(21)22-13-8-9-14-22)16(3)17-10-6-7-15-23(17)18/h6-7,10,15,20H,4-5,8-9,11-14H2,1-3H3. The van der Waals surface area contributed by atoms with Gasteiger partial charge >= 0.3 is 0 Å². The van der Waals surface area contributed by atoms with Crippen LogP contribution in [0.2, 0.25) is 0 Å². The summed E-state index contributed by atoms with van der Waals surface area (Å²) in [5.41, 5.74) is 6.68. The van der Waals surface area contributed by atoms with Gasteiger partial charge in [-0.3, -0.25) is 4.90 Å². The van der Waals surface area contributed by atoms with Crippen LogP contribution in [-0.2, 0) is 6.42 Å². The van der Waals surface area contributed by atoms with E-state index < -0.39 is 0 Å². The third-order valence-corrected chi connectivity index (χ3v) is 6.88. The molecule has 124 valence electrons. The van der Waals surface area contributed by atoms with Crippen LogP contribution in [0.25, 0.3) is 5.52 Å². The number of hydrogen-bond acceptors (Lipinski definition) is 1. The minimum atomic E-state index is 0.465. The molecule has 0 aromatic carbocycles. The first-order chi connectivity index (χ1) is 11.2. The Morgan fingerprint density at radius 2 is 1.87 bits per heavy atom. The maximum absolute atomic E-state index is 2.82. The molecule has 2 heteroatoms. The minimum Gasteiger partial charge on any atom is -0.320 e. The van der Waals surface area contributed by atoms with E-state index in [4.69, 9.17) is 0 Å². The molecule has 3 heterocycles. The lowest BCUT2D eigenvalue weighted by Crippen LogP contribution is -2.43. The highest BCUT2D eigenvalue weighted by Crippen LogP contribution is 2.54. The van der Waals surface area contributed by atoms with Gasteiger partial charge < -0.3 is 4.40 Å². The average Bonchev–Trinajstić information content (AvgIpc) is 3.22. The normalized spacial score (nSPS) is 24.2. The monoisotopic (exact) mass is 310 g/mol. The lowest BCUT2D eigenvalue weighted by atomic mass is 9.65. The Bertz CT molecular complexity index is 702. The van der Waals surface area contributed by atoms with Crippen molar-refractivity contribution in [1.29, 1.82) is 0 Å². The van der Waals surface area contributed by atoms with Gasteiger partial charge in [0.2, 0.25) is 0 Å². The third kappa shape index (κ3) is 2.11. The van der Waals surface area contributed by atoms with Crippen LogP contribution in [0.3, 0.4) is 0 Å². The number of pyridine rings is 1. The molecule has 1 fully saturated rings. The molecule has 2 aromatic rings. The first-order valence-corrected chi connectivity index (χ1v) is 9.54. The van der Waals surface area contributed by atoms with Crippen molar-refractivity contribution in [2.45, 2.75) is 65.3 Å². The zero-order valence-electron chi connectivity index (χ0n) is 14.9. The summed E-state index contributed by atoms with van der Waals surface area (Å²) in [4.78, 5) is 2.82. The number of likely N-dealkylation sites (tertiary alicyclic amines) is 1. The maximum atomic E-state index is 2.82. The van der Waals surface area contributed by atoms with E-state index in [0.29, 0.717) is 11.5 Å². The van der Waals surface area contributed by atoms with Gasteiger partial charge in [-0.15, -0.1) is 0 Å². The second-order valence-electron chi connectivity index (χ2n) is 7.66. The molecule has 2 aromatic heterocycles. The molecule has 0 amide bonds. The average molecular weight is 310 g/mol. The number of fused-ring (bicyclic) bond motifs is 3. The third-order valence-electron chi connectivity index (χ3n) is 6.88. The van der Waals surface area contributed by atoms with Crippen LogP contribution in [0, 0.1) is 12.3 Å². The molecule has 2 nitrogen and oxygen atoms in total. The molecule has 0 N–H and O–H groups in total. The van der Waals surface area contributed by atoms with Crippen LogP contribution in [0.5, 0.6) is 0 Å². The van der Waals surface area contributed by atoms with E-state index >= 15 is 0 Å². The van der Waals surface area contributed by atoms with E-state index in [1.807, 2.05) is 0 Å². The number of aromatic nitrogens is 1. The zero-order valence-corrected chi connectivity index (χ0v) is 14.9. The van der Waals surface area contributed by atoms with Crippen LogP contribution in [0.15, 0.2) is 24.4 Å². The van der Waals surface area contributed by atoms with E-state index in [2.05, 4.69) is 54.5 Å². The van der Waals surface area contributed by atoms with E-state index in [1.54, 1.807) is 11.3 Å². The topological polar surface area (TPSA) is 7.65 Å². The summed E-state index contributed by atoms with van der Waals surface area (Å²) >= 11 is 0. The fourth-order valence-corrected chi connectivity index (χ4v) is 5.46. The summed E-state index contributed by atoms with van der Waals surface area (Å²) in [6, 6.07) is 7.29. The van der Waals surface area contributed by atoms with Gasteiger partial charge in [0.15, 0.2) is 0 Å². The van der Waals surface area contributed by atoms with Crippen molar-refractivity contribution in [1.82, 2.24) is 9.30 Å². The number of rotatable bonds is 3. The molecule has 2 aliphatic rings. The summed E-state index contributed by atoms with van der Waals surface area (Å²) in [6.07, 6.45) is 10.2. The fourth-order valence-electron chi connectivity index (χ4n) is 5.46. The van der Waals surface area contributed by atoms with Crippen molar-refractivity contribution in [2.24, 2.45) is 5.41 Å². The quantitative estimate of drug-likeness (QED) is 0.762. The summed E-state index contributed by atoms with van der Waals surface area (Å²) in [5, 5.41) is 0. The first-order valence-electron chi connectivity index (χ1n) is 9.54. The Balaban J connectivity index is 1.95. The van der Waals surface area contributed by atoms with Gasteiger partial charge in [-0.1, -0.05) is 19.9 Å². The second kappa shape index (κ2) is 5.66. The SMILES string of the molecule is CCC1(CC)CCc2c(c(C)c3ccccn23)C1N1CCCC1. The molecule has 4 rings (SSSR count). The summed E-state index contributed by atoms with van der Waals surface area (Å²) < 4.78 is 2.48. The molecule has 23 heavy (non-hydrogen) atoms. The molecule has 0 bridgehead atoms. The molecule has 0 radical (unpaired) electrons. The van der Waals surface area contributed by atoms with Gasteiger partial charge in [0.25, 0.3) is 0 Å². The Morgan fingerprint density at radius 1 is 1.13 bits per heavy atom. The van der Waals surface area contributed by atoms with Gasteiger partial charge in [-0.05, 0) is 87.2 Å². The van der Waals surface area contributed by atoms with Gasteiger partial charge in [-0.2, -0.15) is 0 Å². The Morgan fingerprint density at radius 3 is 2.57 bits per heavy atom. The van der Waals surface area contributed by atoms with Crippen LogP contribution < -0.4 is 0 Å². The highest BCUT2D eigenvalue weighted by Gasteiger charge is 2.46. The van der Waals surface area contributed by atoms with E-state index in [0.717, 1.165) is 0 Å². The predicted molar refractivity (Wildman–Crippen MR) is 97.0 cm³/mol. The van der Waals surface area contributed by atoms with E-state index in [9.17, 15) is 0 Å². The van der Waals surface area contributed by atoms with Crippen molar-refractivity contribution >= 4 is 5.52 Å². The Kier molecular flexibility index (Phi) is 3.76. The second-order valence-corrected chi connectivity index (χ2v) is 7.66. The molecular weight excluding hydrogens is 280 g/mol. The molecule has 0 spiro atoms. The summed E-state index contributed by atoms with van der Waals surface area (Å²) in [5.74, 6) is 0. The maximum Gasteiger partial charge on any atom is 0.0485 e. The van der Waals surface area contributed by atoms with Crippen molar-refractivity contribution in [3.8, 4) is 0 Å². The van der Waals surface area contributed by atoms with Gasteiger partial charge in [0, 0.05) is 23.4 Å². The van der Waals surface area contributed by atoms with Crippen LogP contribution in [-0.4, -0.2) is 22.4 Å². The highest BCUT2D eigenvalue weighted by atomic mass is 15.2. The smallest absolute Gasteiger partial charge is 0.0485 e. The minimum absolute atomic E-state index is 0.465. The molecular formula is C21H30N2. The van der Waals surface area contributed by atoms with Gasteiger partial charge in [0.05, 0.1) is 0 Å².